The number of Topliss-reactive ketones (excluding diaryl/α,β-unsaturated/α-hetero) is 1. The predicted octanol–water partition coefficient (Wildman–Crippen LogP) is 14.1. The molecule has 10 amide bonds. The number of H-pyrrole nitrogens is 2. The number of imide groups is 4. The number of unbranched alkanes of at least 4 members (excludes halogenated alkanes) is 11. The molecular formula is C107H121F4N17O15. The first-order valence-electron chi connectivity index (χ1n) is 49.8. The number of aromatic amines is 2. The van der Waals surface area contributed by atoms with Crippen molar-refractivity contribution in [2.45, 2.75) is 191 Å². The van der Waals surface area contributed by atoms with Crippen LogP contribution in [0.3, 0.4) is 0 Å². The van der Waals surface area contributed by atoms with Gasteiger partial charge in [0.15, 0.2) is 11.6 Å². The van der Waals surface area contributed by atoms with E-state index in [9.17, 15) is 75.1 Å². The maximum Gasteiger partial charge on any atom is 0.317 e. The molecule has 6 saturated heterocycles. The Hall–Kier alpha value is -13.9. The predicted molar refractivity (Wildman–Crippen MR) is 532 cm³/mol. The number of amides is 10. The van der Waals surface area contributed by atoms with E-state index in [1.54, 1.807) is 30.3 Å². The van der Waals surface area contributed by atoms with Crippen LogP contribution in [0.25, 0.3) is 21.8 Å². The van der Waals surface area contributed by atoms with E-state index in [4.69, 9.17) is 20.3 Å². The number of benzene rings is 8. The number of hydrogen-bond acceptors (Lipinski definition) is 23. The van der Waals surface area contributed by atoms with Crippen molar-refractivity contribution in [2.75, 3.05) is 129 Å². The largest absolute Gasteiger partial charge is 0.480 e. The normalized spacial score (nSPS) is 17.6. The molecule has 18 rings (SSSR count). The van der Waals surface area contributed by atoms with Crippen LogP contribution in [0.4, 0.5) is 51.9 Å². The summed E-state index contributed by atoms with van der Waals surface area (Å²) in [6.45, 7) is 9.40. The second-order valence-electron chi connectivity index (χ2n) is 38.0. The van der Waals surface area contributed by atoms with Crippen LogP contribution in [-0.2, 0) is 63.9 Å². The number of carbonyl (C=O) groups is 12. The lowest BCUT2D eigenvalue weighted by atomic mass is 10.0. The van der Waals surface area contributed by atoms with Gasteiger partial charge in [0.1, 0.15) is 41.1 Å². The standard InChI is InChI=1S/C54H60F2N8O7.C32H34F2N6O4.C21H27N3O4/c55-37-27-36(28-38(56)31-37)26-35-11-15-46-45(30-35)50(61-60-46)59-51(67)43-14-12-40(32-47(43)57-39-18-24-71-25-19-39)63-22-20-62(21-23-63)33-41(65)9-7-5-3-1-2-4-6-8-34-10-13-42-44(29-34)54(70)64(53(42)69)48-16-17-49(66)58-52(48)68;33-22-14-21(15-23(34)17-22)13-20-1-4-28-27(16-20)31(38-37-28)36-32(43)26-3-2-25(18-29(26)35-24-5-11-44-12-6-24)40-9-7-39(8-10-40)19-30(41)42;22-12-6-4-2-1-3-5-7-14-8-9-15-16(13-14)21(28)24(20(15)27)17-10-11-18(25)23-19(17)26/h10-15,27-32,39,48,57H,1-9,16-26,33H2,(H,58,66,68)(H2,59,60,61,67);1-4,14-18,24,35H,5-13,19H2,(H,41,42)(H2,36,37,38,43);8-9,13,17H,1-7,10-12,22H2,(H,23,25,26). The fourth-order valence-electron chi connectivity index (χ4n) is 19.9. The molecule has 0 radical (unpaired) electrons. The average molecular weight is 1960 g/mol. The fourth-order valence-corrected chi connectivity index (χ4v) is 19.9. The van der Waals surface area contributed by atoms with Crippen LogP contribution in [0.1, 0.15) is 237 Å². The number of halogens is 4. The third-order valence-electron chi connectivity index (χ3n) is 27.6. The molecule has 6 fully saturated rings. The summed E-state index contributed by atoms with van der Waals surface area (Å²) in [5.74, 6) is -6.90. The molecule has 0 saturated carbocycles. The Morgan fingerprint density at radius 3 is 1.20 bits per heavy atom. The smallest absolute Gasteiger partial charge is 0.317 e. The summed E-state index contributed by atoms with van der Waals surface area (Å²) < 4.78 is 66.4. The summed E-state index contributed by atoms with van der Waals surface area (Å²) in [6.07, 6.45) is 20.4. The number of anilines is 6. The van der Waals surface area contributed by atoms with Crippen LogP contribution in [0.15, 0.2) is 146 Å². The Morgan fingerprint density at radius 2 is 0.790 bits per heavy atom. The highest BCUT2D eigenvalue weighted by Crippen LogP contribution is 2.37. The Kier molecular flexibility index (Phi) is 34.4. The van der Waals surface area contributed by atoms with E-state index in [0.717, 1.165) is 191 Å². The highest BCUT2D eigenvalue weighted by Gasteiger charge is 2.47. The second-order valence-corrected chi connectivity index (χ2v) is 38.0. The number of ketones is 1. The number of nitrogens with one attached hydrogen (secondary N) is 8. The number of nitrogens with two attached hydrogens (primary N) is 1. The number of ether oxygens (including phenoxy) is 2. The van der Waals surface area contributed by atoms with E-state index in [1.807, 2.05) is 83.8 Å². The molecule has 8 aromatic carbocycles. The lowest BCUT2D eigenvalue weighted by molar-refractivity contribution is -0.139. The van der Waals surface area contributed by atoms with Crippen molar-refractivity contribution in [1.82, 2.24) is 50.6 Å². The molecule has 0 aliphatic carbocycles. The number of aliphatic carboxylic acids is 1. The van der Waals surface area contributed by atoms with Crippen molar-refractivity contribution in [3.63, 3.8) is 0 Å². The molecule has 2 atom stereocenters. The lowest BCUT2D eigenvalue weighted by Crippen LogP contribution is -2.54. The van der Waals surface area contributed by atoms with Crippen LogP contribution >= 0.6 is 0 Å². The van der Waals surface area contributed by atoms with Gasteiger partial charge < -0.3 is 51.4 Å². The van der Waals surface area contributed by atoms with Gasteiger partial charge in [-0.2, -0.15) is 10.2 Å². The van der Waals surface area contributed by atoms with Gasteiger partial charge in [0, 0.05) is 156 Å². The van der Waals surface area contributed by atoms with Crippen molar-refractivity contribution >= 4 is 127 Å². The molecular weight excluding hydrogens is 1840 g/mol. The molecule has 8 aliphatic rings. The summed E-state index contributed by atoms with van der Waals surface area (Å²) in [5.41, 5.74) is 17.1. The number of fused-ring (bicyclic) bond motifs is 4. The summed E-state index contributed by atoms with van der Waals surface area (Å²) in [6, 6.07) is 38.6. The number of carboxylic acids is 1. The van der Waals surface area contributed by atoms with Gasteiger partial charge in [-0.05, 0) is 239 Å². The molecule has 32 nitrogen and oxygen atoms in total. The molecule has 0 spiro atoms. The number of carbonyl (C=O) groups excluding carboxylic acids is 11. The molecule has 2 unspecified atom stereocenters. The van der Waals surface area contributed by atoms with E-state index < -0.39 is 82.7 Å². The van der Waals surface area contributed by atoms with E-state index in [0.29, 0.717) is 168 Å². The summed E-state index contributed by atoms with van der Waals surface area (Å²) >= 11 is 0. The molecule has 0 bridgehead atoms. The Bertz CT molecular complexity index is 6340. The first-order chi connectivity index (χ1) is 69.3. The van der Waals surface area contributed by atoms with Gasteiger partial charge >= 0.3 is 5.97 Å². The zero-order valence-corrected chi connectivity index (χ0v) is 80.0. The summed E-state index contributed by atoms with van der Waals surface area (Å²) in [5, 5.41) is 42.7. The number of rotatable bonds is 38. The monoisotopic (exact) mass is 1960 g/mol. The maximum absolute atomic E-state index is 14.0. The first-order valence-corrected chi connectivity index (χ1v) is 49.8. The van der Waals surface area contributed by atoms with Gasteiger partial charge in [0.2, 0.25) is 23.6 Å². The van der Waals surface area contributed by atoms with Gasteiger partial charge in [0.25, 0.3) is 35.4 Å². The van der Waals surface area contributed by atoms with Crippen molar-refractivity contribution < 1.29 is 89.7 Å². The third kappa shape index (κ3) is 26.5. The SMILES string of the molecule is NCCCCCCCCc1ccc2c(c1)C(=O)N(C1CCC(=O)NC1=O)C2=O.O=C(CCCCCCCCCc1ccc2c(c1)C(=O)N(C1CCC(=O)NC1=O)C2=O)CN1CCN(c2ccc(C(=O)Nc3n[nH]c4ccc(Cc5cc(F)cc(F)c5)cc34)c(NC3CCOCC3)c2)CC1.O=C(O)CN1CCN(c2ccc(C(=O)Nc3n[nH]c4ccc(Cc5cc(F)cc(F)c5)cc34)c(NC3CCOCC3)c2)CC1. The van der Waals surface area contributed by atoms with Crippen LogP contribution in [-0.4, -0.2) is 239 Å². The zero-order valence-electron chi connectivity index (χ0n) is 80.0. The molecule has 10 aromatic rings. The van der Waals surface area contributed by atoms with Crippen LogP contribution in [0.2, 0.25) is 0 Å². The van der Waals surface area contributed by atoms with E-state index >= 15 is 0 Å². The van der Waals surface area contributed by atoms with Crippen molar-refractivity contribution in [1.29, 1.82) is 0 Å². The van der Waals surface area contributed by atoms with Crippen LogP contribution in [0.5, 0.6) is 0 Å². The highest BCUT2D eigenvalue weighted by atomic mass is 19.1. The second kappa shape index (κ2) is 48.2. The highest BCUT2D eigenvalue weighted by molar-refractivity contribution is 6.25. The number of aryl methyl sites for hydroxylation is 2. The topological polar surface area (TPSA) is 419 Å². The quantitative estimate of drug-likeness (QED) is 0.00976. The molecule has 143 heavy (non-hydrogen) atoms. The number of carboxylic acid groups (broad SMARTS) is 1. The molecule has 10 heterocycles. The number of hydrogen-bond donors (Lipinski definition) is 10. The average Bonchev–Trinajstić information content (AvgIpc) is 1.61. The minimum absolute atomic E-state index is 0.0240. The number of nitrogens with zero attached hydrogens (tertiary/aromatic N) is 8. The molecule has 8 aliphatic heterocycles. The van der Waals surface area contributed by atoms with Gasteiger partial charge in [0.05, 0.1) is 57.5 Å². The Labute approximate surface area is 825 Å². The van der Waals surface area contributed by atoms with E-state index in [-0.39, 0.29) is 67.8 Å². The zero-order chi connectivity index (χ0) is 100. The number of aromatic nitrogens is 4. The first kappa shape index (κ1) is 102. The van der Waals surface area contributed by atoms with Crippen LogP contribution < -0.4 is 47.4 Å². The fraction of sp³-hybridized carbons (Fsp3) is 0.421. The minimum Gasteiger partial charge on any atom is -0.480 e. The van der Waals surface area contributed by atoms with E-state index in [1.165, 1.54) is 43.5 Å². The Morgan fingerprint density at radius 1 is 0.406 bits per heavy atom. The number of piperazine rings is 2. The summed E-state index contributed by atoms with van der Waals surface area (Å²) in [4.78, 5) is 161. The van der Waals surface area contributed by atoms with Gasteiger partial charge in [-0.25, -0.2) is 17.6 Å². The maximum atomic E-state index is 14.0. The molecule has 36 heteroatoms. The van der Waals surface area contributed by atoms with E-state index in [2.05, 4.69) is 67.0 Å². The minimum atomic E-state index is -0.971. The lowest BCUT2D eigenvalue weighted by Gasteiger charge is -2.36. The van der Waals surface area contributed by atoms with Gasteiger partial charge in [-0.15, -0.1) is 0 Å². The van der Waals surface area contributed by atoms with Crippen molar-refractivity contribution in [3.05, 3.63) is 236 Å². The molecule has 752 valence electrons. The Balaban J connectivity index is 0.000000172. The number of piperidine rings is 2. The van der Waals surface area contributed by atoms with Crippen molar-refractivity contribution in [2.24, 2.45) is 5.73 Å². The molecule has 2 aromatic heterocycles. The third-order valence-corrected chi connectivity index (χ3v) is 27.6. The molecule has 11 N–H and O–H groups in total. The van der Waals surface area contributed by atoms with Crippen molar-refractivity contribution in [3.8, 4) is 0 Å². The van der Waals surface area contributed by atoms with Gasteiger partial charge in [-0.1, -0.05) is 82.1 Å². The van der Waals surface area contributed by atoms with Gasteiger partial charge in [-0.3, -0.25) is 98.0 Å². The summed E-state index contributed by atoms with van der Waals surface area (Å²) in [7, 11) is 0. The van der Waals surface area contributed by atoms with Crippen LogP contribution in [0, 0.1) is 23.3 Å².